The molecule has 2 nitrogen and oxygen atoms in total. The average molecular weight is 225 g/mol. The van der Waals surface area contributed by atoms with E-state index in [1.165, 1.54) is 12.1 Å². The van der Waals surface area contributed by atoms with Crippen molar-refractivity contribution in [3.8, 4) is 0 Å². The third-order valence-corrected chi connectivity index (χ3v) is 2.66. The summed E-state index contributed by atoms with van der Waals surface area (Å²) in [6, 6.07) is 4.61. The van der Waals surface area contributed by atoms with Gasteiger partial charge in [0.25, 0.3) is 0 Å². The number of anilines is 1. The Kier molecular flexibility index (Phi) is 4.74. The molecule has 0 spiro atoms. The second kappa shape index (κ2) is 5.85. The monoisotopic (exact) mass is 225 g/mol. The van der Waals surface area contributed by atoms with Crippen molar-refractivity contribution in [3.05, 3.63) is 29.6 Å². The molecule has 0 saturated heterocycles. The Morgan fingerprint density at radius 1 is 1.38 bits per heavy atom. The quantitative estimate of drug-likeness (QED) is 0.832. The molecular formula is C13H20FNO. The number of hydrogen-bond acceptors (Lipinski definition) is 2. The fourth-order valence-electron chi connectivity index (χ4n) is 1.87. The zero-order chi connectivity index (χ0) is 12.1. The van der Waals surface area contributed by atoms with Gasteiger partial charge in [0.2, 0.25) is 0 Å². The van der Waals surface area contributed by atoms with E-state index in [-0.39, 0.29) is 5.82 Å². The summed E-state index contributed by atoms with van der Waals surface area (Å²) in [6.45, 7) is 7.61. The molecular weight excluding hydrogens is 205 g/mol. The van der Waals surface area contributed by atoms with Gasteiger partial charge in [-0.1, -0.05) is 6.92 Å². The lowest BCUT2D eigenvalue weighted by Crippen LogP contribution is -2.25. The predicted octanol–water partition coefficient (Wildman–Crippen LogP) is 3.12. The smallest absolute Gasteiger partial charge is 0.123 e. The van der Waals surface area contributed by atoms with Gasteiger partial charge in [-0.2, -0.15) is 0 Å². The molecule has 0 amide bonds. The van der Waals surface area contributed by atoms with Gasteiger partial charge in [0.15, 0.2) is 0 Å². The molecule has 16 heavy (non-hydrogen) atoms. The number of aliphatic hydroxyl groups excluding tert-OH is 1. The first-order chi connectivity index (χ1) is 7.60. The van der Waals surface area contributed by atoms with E-state index in [2.05, 4.69) is 18.7 Å². The van der Waals surface area contributed by atoms with Crippen molar-refractivity contribution in [3.63, 3.8) is 0 Å². The van der Waals surface area contributed by atoms with Crippen molar-refractivity contribution in [2.45, 2.75) is 33.3 Å². The van der Waals surface area contributed by atoms with Crippen molar-refractivity contribution in [1.82, 2.24) is 0 Å². The highest BCUT2D eigenvalue weighted by Gasteiger charge is 2.13. The van der Waals surface area contributed by atoms with Crippen LogP contribution in [0.4, 0.5) is 10.1 Å². The molecule has 0 saturated carbocycles. The molecule has 0 fully saturated rings. The Hall–Kier alpha value is -1.09. The molecule has 1 atom stereocenters. The third-order valence-electron chi connectivity index (χ3n) is 2.66. The zero-order valence-electron chi connectivity index (χ0n) is 10.2. The normalized spacial score (nSPS) is 12.6. The molecule has 1 aromatic carbocycles. The highest BCUT2D eigenvalue weighted by atomic mass is 19.1. The molecule has 90 valence electrons. The standard InChI is InChI=1S/C13H20FNO/c1-4-8-15(5-2)13-7-6-11(14)9-12(13)10(3)16/h6-7,9-10,16H,4-5,8H2,1-3H3. The molecule has 1 N–H and O–H groups in total. The first-order valence-electron chi connectivity index (χ1n) is 5.82. The van der Waals surface area contributed by atoms with Crippen LogP contribution in [0.3, 0.4) is 0 Å². The minimum atomic E-state index is -0.642. The molecule has 0 bridgehead atoms. The van der Waals surface area contributed by atoms with Crippen LogP contribution < -0.4 is 4.90 Å². The Balaban J connectivity index is 3.09. The maximum Gasteiger partial charge on any atom is 0.123 e. The number of halogens is 1. The van der Waals surface area contributed by atoms with E-state index in [4.69, 9.17) is 0 Å². The van der Waals surface area contributed by atoms with Gasteiger partial charge in [-0.25, -0.2) is 4.39 Å². The Morgan fingerprint density at radius 2 is 2.06 bits per heavy atom. The van der Waals surface area contributed by atoms with Crippen LogP contribution in [0.2, 0.25) is 0 Å². The SMILES string of the molecule is CCCN(CC)c1ccc(F)cc1C(C)O. The van der Waals surface area contributed by atoms with Crippen LogP contribution in [0.25, 0.3) is 0 Å². The molecule has 0 aliphatic heterocycles. The van der Waals surface area contributed by atoms with Gasteiger partial charge in [-0.05, 0) is 38.5 Å². The van der Waals surface area contributed by atoms with Gasteiger partial charge in [0, 0.05) is 24.3 Å². The average Bonchev–Trinajstić information content (AvgIpc) is 2.26. The van der Waals surface area contributed by atoms with E-state index in [9.17, 15) is 9.50 Å². The summed E-state index contributed by atoms with van der Waals surface area (Å²) in [5, 5.41) is 9.65. The highest BCUT2D eigenvalue weighted by Crippen LogP contribution is 2.27. The van der Waals surface area contributed by atoms with Crippen LogP contribution in [0, 0.1) is 5.82 Å². The van der Waals surface area contributed by atoms with E-state index < -0.39 is 6.10 Å². The first kappa shape index (κ1) is 13.0. The molecule has 1 aromatic rings. The molecule has 0 radical (unpaired) electrons. The van der Waals surface area contributed by atoms with Crippen molar-refractivity contribution in [1.29, 1.82) is 0 Å². The van der Waals surface area contributed by atoms with Gasteiger partial charge in [-0.15, -0.1) is 0 Å². The summed E-state index contributed by atoms with van der Waals surface area (Å²) in [7, 11) is 0. The topological polar surface area (TPSA) is 23.5 Å². The number of rotatable bonds is 5. The summed E-state index contributed by atoms with van der Waals surface area (Å²) in [5.74, 6) is -0.299. The maximum atomic E-state index is 13.1. The van der Waals surface area contributed by atoms with Crippen LogP contribution in [0.5, 0.6) is 0 Å². The van der Waals surface area contributed by atoms with Crippen molar-refractivity contribution in [2.24, 2.45) is 0 Å². The highest BCUT2D eigenvalue weighted by molar-refractivity contribution is 5.54. The molecule has 0 aliphatic carbocycles. The van der Waals surface area contributed by atoms with Crippen molar-refractivity contribution < 1.29 is 9.50 Å². The van der Waals surface area contributed by atoms with Crippen LogP contribution >= 0.6 is 0 Å². The van der Waals surface area contributed by atoms with Crippen LogP contribution in [-0.4, -0.2) is 18.2 Å². The second-order valence-electron chi connectivity index (χ2n) is 3.96. The van der Waals surface area contributed by atoms with E-state index in [0.29, 0.717) is 5.56 Å². The molecule has 0 aliphatic rings. The Morgan fingerprint density at radius 3 is 2.56 bits per heavy atom. The van der Waals surface area contributed by atoms with Gasteiger partial charge in [-0.3, -0.25) is 0 Å². The summed E-state index contributed by atoms with van der Waals surface area (Å²) in [4.78, 5) is 2.15. The lowest BCUT2D eigenvalue weighted by atomic mass is 10.1. The fourth-order valence-corrected chi connectivity index (χ4v) is 1.87. The van der Waals surface area contributed by atoms with Gasteiger partial charge >= 0.3 is 0 Å². The molecule has 0 heterocycles. The van der Waals surface area contributed by atoms with E-state index in [0.717, 1.165) is 25.2 Å². The number of hydrogen-bond donors (Lipinski definition) is 1. The first-order valence-corrected chi connectivity index (χ1v) is 5.82. The summed E-state index contributed by atoms with van der Waals surface area (Å²) in [5.41, 5.74) is 1.59. The van der Waals surface area contributed by atoms with E-state index in [1.54, 1.807) is 13.0 Å². The van der Waals surface area contributed by atoms with Crippen LogP contribution in [0.1, 0.15) is 38.9 Å². The fraction of sp³-hybridized carbons (Fsp3) is 0.538. The summed E-state index contributed by atoms with van der Waals surface area (Å²) in [6.07, 6.45) is 0.390. The van der Waals surface area contributed by atoms with Crippen molar-refractivity contribution >= 4 is 5.69 Å². The van der Waals surface area contributed by atoms with Crippen LogP contribution in [-0.2, 0) is 0 Å². The number of benzene rings is 1. The minimum absolute atomic E-state index is 0.299. The van der Waals surface area contributed by atoms with Gasteiger partial charge in [0.1, 0.15) is 5.82 Å². The molecule has 1 unspecified atom stereocenters. The Labute approximate surface area is 96.7 Å². The third kappa shape index (κ3) is 2.95. The molecule has 1 rings (SSSR count). The lowest BCUT2D eigenvalue weighted by molar-refractivity contribution is 0.199. The number of aliphatic hydroxyl groups is 1. The summed E-state index contributed by atoms with van der Waals surface area (Å²) < 4.78 is 13.1. The second-order valence-corrected chi connectivity index (χ2v) is 3.96. The minimum Gasteiger partial charge on any atom is -0.389 e. The predicted molar refractivity (Wildman–Crippen MR) is 65.2 cm³/mol. The molecule has 3 heteroatoms. The lowest BCUT2D eigenvalue weighted by Gasteiger charge is -2.26. The van der Waals surface area contributed by atoms with E-state index >= 15 is 0 Å². The zero-order valence-corrected chi connectivity index (χ0v) is 10.2. The molecule has 0 aromatic heterocycles. The summed E-state index contributed by atoms with van der Waals surface area (Å²) >= 11 is 0. The van der Waals surface area contributed by atoms with E-state index in [1.807, 2.05) is 0 Å². The van der Waals surface area contributed by atoms with Crippen LogP contribution in [0.15, 0.2) is 18.2 Å². The largest absolute Gasteiger partial charge is 0.389 e. The number of nitrogens with zero attached hydrogens (tertiary/aromatic N) is 1. The van der Waals surface area contributed by atoms with Gasteiger partial charge in [0.05, 0.1) is 6.10 Å². The van der Waals surface area contributed by atoms with Crippen molar-refractivity contribution in [2.75, 3.05) is 18.0 Å². The Bertz CT molecular complexity index is 339. The van der Waals surface area contributed by atoms with Gasteiger partial charge < -0.3 is 10.0 Å². The maximum absolute atomic E-state index is 13.1.